The molecule has 0 saturated carbocycles. The van der Waals surface area contributed by atoms with Gasteiger partial charge in [-0.2, -0.15) is 0 Å². The molecule has 0 aliphatic carbocycles. The van der Waals surface area contributed by atoms with Crippen molar-refractivity contribution >= 4 is 18.0 Å². The average molecular weight is 276 g/mol. The van der Waals surface area contributed by atoms with Crippen LogP contribution in [0.3, 0.4) is 0 Å². The van der Waals surface area contributed by atoms with Crippen molar-refractivity contribution in [1.29, 1.82) is 0 Å². The van der Waals surface area contributed by atoms with Gasteiger partial charge in [-0.3, -0.25) is 4.79 Å². The molecule has 0 aromatic carbocycles. The fourth-order valence-corrected chi connectivity index (χ4v) is 1.32. The van der Waals surface area contributed by atoms with Crippen LogP contribution < -0.4 is 5.32 Å². The Bertz CT molecular complexity index is 318. The predicted octanol–water partition coefficient (Wildman–Crippen LogP) is -0.319. The van der Waals surface area contributed by atoms with Gasteiger partial charge in [0.05, 0.1) is 13.7 Å². The van der Waals surface area contributed by atoms with Gasteiger partial charge in [0, 0.05) is 13.7 Å². The first-order chi connectivity index (χ1) is 8.96. The van der Waals surface area contributed by atoms with Crippen molar-refractivity contribution in [2.45, 2.75) is 19.4 Å². The Hall–Kier alpha value is -1.83. The maximum Gasteiger partial charge on any atom is 0.328 e. The number of carbonyl (C=O) groups excluding carboxylic acids is 2. The molecule has 1 atom stereocenters. The van der Waals surface area contributed by atoms with Crippen molar-refractivity contribution < 1.29 is 29.0 Å². The molecule has 19 heavy (non-hydrogen) atoms. The minimum absolute atomic E-state index is 0.154. The largest absolute Gasteiger partial charge is 0.480 e. The Labute approximate surface area is 111 Å². The van der Waals surface area contributed by atoms with E-state index < -0.39 is 24.0 Å². The van der Waals surface area contributed by atoms with Crippen LogP contribution in [0.4, 0.5) is 4.79 Å². The number of amides is 2. The van der Waals surface area contributed by atoms with Crippen LogP contribution in [0, 0.1) is 0 Å². The van der Waals surface area contributed by atoms with Crippen LogP contribution in [0.1, 0.15) is 13.3 Å². The third-order valence-corrected chi connectivity index (χ3v) is 2.26. The van der Waals surface area contributed by atoms with Crippen LogP contribution >= 0.6 is 0 Å². The minimum Gasteiger partial charge on any atom is -0.480 e. The maximum atomic E-state index is 11.9. The summed E-state index contributed by atoms with van der Waals surface area (Å²) < 4.78 is 9.18. The SMILES string of the molecule is CCCN(CC(=O)OC)C(=O)NC(COC)C(=O)O. The smallest absolute Gasteiger partial charge is 0.328 e. The van der Waals surface area contributed by atoms with Gasteiger partial charge in [-0.1, -0.05) is 6.92 Å². The van der Waals surface area contributed by atoms with E-state index >= 15 is 0 Å². The topological polar surface area (TPSA) is 105 Å². The normalized spacial score (nSPS) is 11.5. The first-order valence-corrected chi connectivity index (χ1v) is 5.80. The van der Waals surface area contributed by atoms with Crippen molar-refractivity contribution in [3.8, 4) is 0 Å². The van der Waals surface area contributed by atoms with Crippen LogP contribution in [0.2, 0.25) is 0 Å². The highest BCUT2D eigenvalue weighted by Gasteiger charge is 2.24. The molecule has 110 valence electrons. The second-order valence-corrected chi connectivity index (χ2v) is 3.79. The van der Waals surface area contributed by atoms with Crippen LogP contribution in [0.25, 0.3) is 0 Å². The Morgan fingerprint density at radius 3 is 2.37 bits per heavy atom. The maximum absolute atomic E-state index is 11.9. The molecule has 0 aromatic heterocycles. The molecule has 0 saturated heterocycles. The number of nitrogens with one attached hydrogen (secondary N) is 1. The lowest BCUT2D eigenvalue weighted by Gasteiger charge is -2.23. The molecular weight excluding hydrogens is 256 g/mol. The fraction of sp³-hybridized carbons (Fsp3) is 0.727. The number of hydrogen-bond acceptors (Lipinski definition) is 5. The van der Waals surface area contributed by atoms with Crippen LogP contribution in [0.5, 0.6) is 0 Å². The number of carboxylic acid groups (broad SMARTS) is 1. The summed E-state index contributed by atoms with van der Waals surface area (Å²) in [6.45, 7) is 1.77. The van der Waals surface area contributed by atoms with Gasteiger partial charge < -0.3 is 24.8 Å². The van der Waals surface area contributed by atoms with Crippen molar-refractivity contribution in [2.24, 2.45) is 0 Å². The summed E-state index contributed by atoms with van der Waals surface area (Å²) in [7, 11) is 2.55. The lowest BCUT2D eigenvalue weighted by molar-refractivity contribution is -0.141. The molecule has 2 N–H and O–H groups in total. The quantitative estimate of drug-likeness (QED) is 0.589. The zero-order valence-corrected chi connectivity index (χ0v) is 11.3. The van der Waals surface area contributed by atoms with E-state index in [0.717, 1.165) is 0 Å². The Kier molecular flexibility index (Phi) is 8.27. The Balaban J connectivity index is 4.60. The molecule has 0 aliphatic heterocycles. The van der Waals surface area contributed by atoms with Gasteiger partial charge in [-0.05, 0) is 6.42 Å². The Morgan fingerprint density at radius 1 is 1.32 bits per heavy atom. The monoisotopic (exact) mass is 276 g/mol. The number of ether oxygens (including phenoxy) is 2. The van der Waals surface area contributed by atoms with E-state index in [9.17, 15) is 14.4 Å². The second kappa shape index (κ2) is 9.15. The minimum atomic E-state index is -1.20. The van der Waals surface area contributed by atoms with Crippen LogP contribution in [-0.4, -0.2) is 67.9 Å². The molecule has 8 heteroatoms. The molecule has 0 aromatic rings. The molecule has 0 rings (SSSR count). The molecule has 8 nitrogen and oxygen atoms in total. The molecule has 1 unspecified atom stereocenters. The van der Waals surface area contributed by atoms with Gasteiger partial charge in [-0.15, -0.1) is 0 Å². The van der Waals surface area contributed by atoms with E-state index in [2.05, 4.69) is 10.1 Å². The molecule has 2 amide bonds. The second-order valence-electron chi connectivity index (χ2n) is 3.79. The number of carbonyl (C=O) groups is 3. The first-order valence-electron chi connectivity index (χ1n) is 5.80. The van der Waals surface area contributed by atoms with Crippen molar-refractivity contribution in [3.05, 3.63) is 0 Å². The summed E-state index contributed by atoms with van der Waals surface area (Å²) >= 11 is 0. The number of nitrogens with zero attached hydrogens (tertiary/aromatic N) is 1. The molecule has 0 radical (unpaired) electrons. The first kappa shape index (κ1) is 17.2. The molecule has 0 spiro atoms. The number of urea groups is 1. The summed E-state index contributed by atoms with van der Waals surface area (Å²) in [5.74, 6) is -1.77. The summed E-state index contributed by atoms with van der Waals surface area (Å²) in [4.78, 5) is 35.1. The molecule has 0 aliphatic rings. The number of hydrogen-bond donors (Lipinski definition) is 2. The highest BCUT2D eigenvalue weighted by molar-refractivity contribution is 5.85. The van der Waals surface area contributed by atoms with Crippen LogP contribution in [0.15, 0.2) is 0 Å². The summed E-state index contributed by atoms with van der Waals surface area (Å²) in [5, 5.41) is 11.2. The van der Waals surface area contributed by atoms with Crippen molar-refractivity contribution in [3.63, 3.8) is 0 Å². The average Bonchev–Trinajstić information content (AvgIpc) is 2.37. The number of methoxy groups -OCH3 is 2. The zero-order valence-electron chi connectivity index (χ0n) is 11.3. The summed E-state index contributed by atoms with van der Waals surface area (Å²) in [6.07, 6.45) is 0.631. The van der Waals surface area contributed by atoms with Crippen LogP contribution in [-0.2, 0) is 19.1 Å². The number of rotatable bonds is 8. The van der Waals surface area contributed by atoms with E-state index in [-0.39, 0.29) is 13.2 Å². The lowest BCUT2D eigenvalue weighted by atomic mass is 10.3. The molecule has 0 bridgehead atoms. The van der Waals surface area contributed by atoms with Gasteiger partial charge in [0.1, 0.15) is 6.54 Å². The number of carboxylic acids is 1. The zero-order chi connectivity index (χ0) is 14.8. The molecular formula is C11H20N2O6. The van der Waals surface area contributed by atoms with Gasteiger partial charge in [-0.25, -0.2) is 9.59 Å². The third kappa shape index (κ3) is 6.61. The van der Waals surface area contributed by atoms with Gasteiger partial charge in [0.25, 0.3) is 0 Å². The predicted molar refractivity (Wildman–Crippen MR) is 65.7 cm³/mol. The van der Waals surface area contributed by atoms with E-state index in [1.54, 1.807) is 0 Å². The van der Waals surface area contributed by atoms with E-state index in [1.165, 1.54) is 19.1 Å². The third-order valence-electron chi connectivity index (χ3n) is 2.26. The number of aliphatic carboxylic acids is 1. The highest BCUT2D eigenvalue weighted by Crippen LogP contribution is 1.96. The molecule has 0 heterocycles. The van der Waals surface area contributed by atoms with Crippen molar-refractivity contribution in [2.75, 3.05) is 33.9 Å². The van der Waals surface area contributed by atoms with Gasteiger partial charge in [0.15, 0.2) is 6.04 Å². The lowest BCUT2D eigenvalue weighted by Crippen LogP contribution is -2.51. The highest BCUT2D eigenvalue weighted by atomic mass is 16.5. The van der Waals surface area contributed by atoms with E-state index in [4.69, 9.17) is 9.84 Å². The van der Waals surface area contributed by atoms with E-state index in [0.29, 0.717) is 13.0 Å². The summed E-state index contributed by atoms with van der Waals surface area (Å²) in [6, 6.07) is -1.80. The Morgan fingerprint density at radius 2 is 1.95 bits per heavy atom. The molecule has 0 fully saturated rings. The standard InChI is InChI=1S/C11H20N2O6/c1-4-5-13(6-9(14)19-3)11(17)12-8(7-18-2)10(15)16/h8H,4-7H2,1-3H3,(H,12,17)(H,15,16). The van der Waals surface area contributed by atoms with E-state index in [1.807, 2.05) is 6.92 Å². The van der Waals surface area contributed by atoms with Crippen molar-refractivity contribution in [1.82, 2.24) is 10.2 Å². The van der Waals surface area contributed by atoms with Gasteiger partial charge in [0.2, 0.25) is 0 Å². The van der Waals surface area contributed by atoms with Gasteiger partial charge >= 0.3 is 18.0 Å². The summed E-state index contributed by atoms with van der Waals surface area (Å²) in [5.41, 5.74) is 0. The number of esters is 1. The fourth-order valence-electron chi connectivity index (χ4n) is 1.32.